The molecule has 0 radical (unpaired) electrons. The number of benzene rings is 1. The molecule has 1 aliphatic rings. The van der Waals surface area contributed by atoms with Crippen LogP contribution in [0.15, 0.2) is 18.2 Å². The van der Waals surface area contributed by atoms with E-state index in [0.717, 1.165) is 12.8 Å². The van der Waals surface area contributed by atoms with E-state index >= 15 is 0 Å². The quantitative estimate of drug-likeness (QED) is 0.537. The van der Waals surface area contributed by atoms with Crippen LogP contribution < -0.4 is 0 Å². The van der Waals surface area contributed by atoms with Crippen LogP contribution in [0.3, 0.4) is 0 Å². The zero-order chi connectivity index (χ0) is 7.84. The molecular formula is C10H12N-. The van der Waals surface area contributed by atoms with Crippen molar-refractivity contribution < 1.29 is 0 Å². The third kappa shape index (κ3) is 0.962. The third-order valence-corrected chi connectivity index (χ3v) is 2.50. The smallest absolute Gasteiger partial charge is 0.0285 e. The average molecular weight is 146 g/mol. The van der Waals surface area contributed by atoms with Gasteiger partial charge in [-0.15, -0.1) is 6.04 Å². The molecule has 1 unspecified atom stereocenters. The van der Waals surface area contributed by atoms with Crippen LogP contribution in [0.2, 0.25) is 0 Å². The number of aryl methyl sites for hydroxylation is 1. The van der Waals surface area contributed by atoms with Crippen molar-refractivity contribution in [3.63, 3.8) is 0 Å². The summed E-state index contributed by atoms with van der Waals surface area (Å²) in [5.74, 6) is 0. The van der Waals surface area contributed by atoms with Crippen molar-refractivity contribution in [3.05, 3.63) is 40.6 Å². The van der Waals surface area contributed by atoms with Crippen molar-refractivity contribution in [1.29, 1.82) is 0 Å². The van der Waals surface area contributed by atoms with Crippen LogP contribution >= 0.6 is 0 Å². The first-order valence-electron chi connectivity index (χ1n) is 4.08. The molecule has 1 aliphatic carbocycles. The van der Waals surface area contributed by atoms with Crippen molar-refractivity contribution in [2.24, 2.45) is 0 Å². The molecule has 0 amide bonds. The molecule has 1 aromatic rings. The second-order valence-electron chi connectivity index (χ2n) is 3.23. The summed E-state index contributed by atoms with van der Waals surface area (Å²) in [6, 6.07) is 6.33. The predicted molar refractivity (Wildman–Crippen MR) is 46.6 cm³/mol. The summed E-state index contributed by atoms with van der Waals surface area (Å²) >= 11 is 0. The first-order valence-corrected chi connectivity index (χ1v) is 4.08. The predicted octanol–water partition coefficient (Wildman–Crippen LogP) is 3.03. The van der Waals surface area contributed by atoms with Gasteiger partial charge in [0.1, 0.15) is 0 Å². The van der Waals surface area contributed by atoms with Gasteiger partial charge in [0.2, 0.25) is 0 Å². The Bertz CT molecular complexity index is 278. The molecule has 1 aromatic carbocycles. The molecule has 1 heteroatoms. The van der Waals surface area contributed by atoms with Crippen LogP contribution in [-0.2, 0) is 6.42 Å². The summed E-state index contributed by atoms with van der Waals surface area (Å²) < 4.78 is 0. The minimum Gasteiger partial charge on any atom is -0.671 e. The van der Waals surface area contributed by atoms with Crippen LogP contribution in [0.4, 0.5) is 0 Å². The largest absolute Gasteiger partial charge is 0.671 e. The van der Waals surface area contributed by atoms with Gasteiger partial charge >= 0.3 is 0 Å². The van der Waals surface area contributed by atoms with Gasteiger partial charge < -0.3 is 5.73 Å². The van der Waals surface area contributed by atoms with Crippen molar-refractivity contribution in [2.45, 2.75) is 25.8 Å². The Hall–Kier alpha value is -0.820. The van der Waals surface area contributed by atoms with Crippen molar-refractivity contribution in [2.75, 3.05) is 0 Å². The number of nitrogens with one attached hydrogen (secondary N) is 1. The highest BCUT2D eigenvalue weighted by Crippen LogP contribution is 2.34. The first-order chi connectivity index (χ1) is 5.29. The van der Waals surface area contributed by atoms with Gasteiger partial charge in [0.15, 0.2) is 0 Å². The molecule has 1 N–H and O–H groups in total. The maximum absolute atomic E-state index is 7.71. The van der Waals surface area contributed by atoms with Crippen LogP contribution in [0.1, 0.15) is 29.2 Å². The summed E-state index contributed by atoms with van der Waals surface area (Å²) in [4.78, 5) is 0. The fraction of sp³-hybridized carbons (Fsp3) is 0.400. The summed E-state index contributed by atoms with van der Waals surface area (Å²) in [7, 11) is 0. The molecule has 1 atom stereocenters. The van der Waals surface area contributed by atoms with Crippen LogP contribution in [0, 0.1) is 6.92 Å². The third-order valence-electron chi connectivity index (χ3n) is 2.50. The van der Waals surface area contributed by atoms with Crippen molar-refractivity contribution in [3.8, 4) is 0 Å². The van der Waals surface area contributed by atoms with Gasteiger partial charge in [-0.05, 0) is 24.5 Å². The lowest BCUT2D eigenvalue weighted by Crippen LogP contribution is -1.87. The molecule has 0 saturated heterocycles. The lowest BCUT2D eigenvalue weighted by molar-refractivity contribution is 0.817. The van der Waals surface area contributed by atoms with E-state index in [1.807, 2.05) is 0 Å². The van der Waals surface area contributed by atoms with Crippen LogP contribution in [0.5, 0.6) is 0 Å². The summed E-state index contributed by atoms with van der Waals surface area (Å²) in [6.45, 7) is 2.14. The number of fused-ring (bicyclic) bond motifs is 1. The standard InChI is InChI=1S/C10H12N/c1-7-3-2-4-9-8(7)5-6-10(9)11/h2-4,10-11H,5-6H2,1H3/q-1. The van der Waals surface area contributed by atoms with E-state index in [0.29, 0.717) is 0 Å². The fourth-order valence-electron chi connectivity index (χ4n) is 1.84. The minimum atomic E-state index is 0.0462. The molecule has 0 saturated carbocycles. The highest BCUT2D eigenvalue weighted by atomic mass is 14.6. The zero-order valence-corrected chi connectivity index (χ0v) is 6.72. The first kappa shape index (κ1) is 6.86. The van der Waals surface area contributed by atoms with Gasteiger partial charge in [-0.3, -0.25) is 0 Å². The Morgan fingerprint density at radius 2 is 2.27 bits per heavy atom. The second kappa shape index (κ2) is 2.35. The summed E-state index contributed by atoms with van der Waals surface area (Å²) in [6.07, 6.45) is 2.12. The Balaban J connectivity index is 2.57. The van der Waals surface area contributed by atoms with E-state index in [1.54, 1.807) is 0 Å². The monoisotopic (exact) mass is 146 g/mol. The Morgan fingerprint density at radius 1 is 1.45 bits per heavy atom. The highest BCUT2D eigenvalue weighted by Gasteiger charge is 2.14. The van der Waals surface area contributed by atoms with E-state index in [9.17, 15) is 0 Å². The van der Waals surface area contributed by atoms with E-state index in [-0.39, 0.29) is 6.04 Å². The molecule has 58 valence electrons. The van der Waals surface area contributed by atoms with Gasteiger partial charge in [0, 0.05) is 0 Å². The maximum atomic E-state index is 7.71. The lowest BCUT2D eigenvalue weighted by Gasteiger charge is -2.13. The van der Waals surface area contributed by atoms with Gasteiger partial charge in [0.05, 0.1) is 0 Å². The van der Waals surface area contributed by atoms with Gasteiger partial charge in [-0.1, -0.05) is 30.2 Å². The van der Waals surface area contributed by atoms with Gasteiger partial charge in [-0.25, -0.2) is 0 Å². The Kier molecular flexibility index (Phi) is 1.46. The summed E-state index contributed by atoms with van der Waals surface area (Å²) in [5, 5.41) is 0. The second-order valence-corrected chi connectivity index (χ2v) is 3.23. The molecule has 0 aromatic heterocycles. The molecule has 1 nitrogen and oxygen atoms in total. The molecule has 0 bridgehead atoms. The fourth-order valence-corrected chi connectivity index (χ4v) is 1.84. The number of hydrogen-bond acceptors (Lipinski definition) is 0. The maximum Gasteiger partial charge on any atom is -0.0285 e. The van der Waals surface area contributed by atoms with E-state index in [2.05, 4.69) is 25.1 Å². The molecule has 0 fully saturated rings. The molecule has 0 spiro atoms. The minimum absolute atomic E-state index is 0.0462. The zero-order valence-electron chi connectivity index (χ0n) is 6.72. The lowest BCUT2D eigenvalue weighted by atomic mass is 10.0. The van der Waals surface area contributed by atoms with E-state index < -0.39 is 0 Å². The molecule has 0 heterocycles. The topological polar surface area (TPSA) is 23.8 Å². The average Bonchev–Trinajstić information content (AvgIpc) is 2.35. The van der Waals surface area contributed by atoms with Crippen LogP contribution in [0.25, 0.3) is 5.73 Å². The number of hydrogen-bond donors (Lipinski definition) is 0. The summed E-state index contributed by atoms with van der Waals surface area (Å²) in [5.41, 5.74) is 11.7. The number of rotatable bonds is 0. The van der Waals surface area contributed by atoms with E-state index in [4.69, 9.17) is 5.73 Å². The Labute approximate surface area is 67.2 Å². The molecular weight excluding hydrogens is 134 g/mol. The molecule has 11 heavy (non-hydrogen) atoms. The van der Waals surface area contributed by atoms with Crippen LogP contribution in [-0.4, -0.2) is 0 Å². The highest BCUT2D eigenvalue weighted by molar-refractivity contribution is 5.41. The molecule has 0 aliphatic heterocycles. The Morgan fingerprint density at radius 3 is 3.00 bits per heavy atom. The van der Waals surface area contributed by atoms with Gasteiger partial charge in [-0.2, -0.15) is 0 Å². The SMILES string of the molecule is Cc1cccc2c1CCC2[NH-]. The van der Waals surface area contributed by atoms with Crippen molar-refractivity contribution in [1.82, 2.24) is 0 Å². The van der Waals surface area contributed by atoms with E-state index in [1.165, 1.54) is 16.7 Å². The van der Waals surface area contributed by atoms with Crippen molar-refractivity contribution >= 4 is 0 Å². The molecule has 2 rings (SSSR count). The van der Waals surface area contributed by atoms with Gasteiger partial charge in [0.25, 0.3) is 0 Å². The normalized spacial score (nSPS) is 21.8.